The lowest BCUT2D eigenvalue weighted by Gasteiger charge is -2.47. The van der Waals surface area contributed by atoms with E-state index in [-0.39, 0.29) is 5.97 Å². The summed E-state index contributed by atoms with van der Waals surface area (Å²) in [6, 6.07) is 0. The summed E-state index contributed by atoms with van der Waals surface area (Å²) < 4.78 is 11.4. The third kappa shape index (κ3) is 3.04. The highest BCUT2D eigenvalue weighted by atomic mass is 28.4. The van der Waals surface area contributed by atoms with Crippen molar-refractivity contribution in [3.05, 3.63) is 12.2 Å². The zero-order valence-electron chi connectivity index (χ0n) is 12.5. The molecule has 0 radical (unpaired) electrons. The van der Waals surface area contributed by atoms with Crippen LogP contribution in [0.15, 0.2) is 12.2 Å². The first-order valence-electron chi connectivity index (χ1n) is 6.61. The Labute approximate surface area is 112 Å². The molecule has 1 atom stereocenters. The normalized spacial score (nSPS) is 25.0. The lowest BCUT2D eigenvalue weighted by Crippen LogP contribution is -2.55. The number of esters is 1. The molecule has 3 nitrogen and oxygen atoms in total. The van der Waals surface area contributed by atoms with Gasteiger partial charge in [-0.1, -0.05) is 12.2 Å². The van der Waals surface area contributed by atoms with E-state index in [1.807, 2.05) is 13.8 Å². The van der Waals surface area contributed by atoms with Crippen LogP contribution < -0.4 is 0 Å². The third-order valence-electron chi connectivity index (χ3n) is 3.55. The Morgan fingerprint density at radius 2 is 1.94 bits per heavy atom. The standard InChI is InChI=1S/C14H26O3Si/c1-13(2,12(15)16-3)14(17-18(4,5)6)10-8-7-9-11-14/h8,10H,7,9,11H2,1-6H3. The topological polar surface area (TPSA) is 35.5 Å². The van der Waals surface area contributed by atoms with E-state index in [0.717, 1.165) is 19.3 Å². The van der Waals surface area contributed by atoms with Gasteiger partial charge < -0.3 is 9.16 Å². The molecule has 0 fully saturated rings. The van der Waals surface area contributed by atoms with Crippen molar-refractivity contribution in [2.24, 2.45) is 5.41 Å². The van der Waals surface area contributed by atoms with Crippen LogP contribution in [0.2, 0.25) is 19.6 Å². The number of ether oxygens (including phenoxy) is 1. The Hall–Kier alpha value is -0.613. The van der Waals surface area contributed by atoms with Crippen molar-refractivity contribution in [1.29, 1.82) is 0 Å². The number of allylic oxidation sites excluding steroid dienone is 1. The van der Waals surface area contributed by atoms with Crippen LogP contribution in [0.3, 0.4) is 0 Å². The van der Waals surface area contributed by atoms with Crippen molar-refractivity contribution in [3.8, 4) is 0 Å². The number of hydrogen-bond donors (Lipinski definition) is 0. The zero-order valence-corrected chi connectivity index (χ0v) is 13.5. The molecular weight excluding hydrogens is 244 g/mol. The van der Waals surface area contributed by atoms with Gasteiger partial charge in [0.2, 0.25) is 0 Å². The minimum atomic E-state index is -1.74. The van der Waals surface area contributed by atoms with Gasteiger partial charge in [0.1, 0.15) is 0 Å². The minimum Gasteiger partial charge on any atom is -0.469 e. The molecule has 0 heterocycles. The van der Waals surface area contributed by atoms with Gasteiger partial charge in [-0.15, -0.1) is 0 Å². The highest BCUT2D eigenvalue weighted by Gasteiger charge is 2.52. The Kier molecular flexibility index (Phi) is 4.44. The second-order valence-corrected chi connectivity index (χ2v) is 10.9. The molecule has 4 heteroatoms. The maximum Gasteiger partial charge on any atom is 0.314 e. The number of carbonyl (C=O) groups excluding carboxylic acids is 1. The van der Waals surface area contributed by atoms with E-state index >= 15 is 0 Å². The van der Waals surface area contributed by atoms with Gasteiger partial charge in [0.15, 0.2) is 8.32 Å². The predicted octanol–water partition coefficient (Wildman–Crippen LogP) is 3.52. The summed E-state index contributed by atoms with van der Waals surface area (Å²) >= 11 is 0. The monoisotopic (exact) mass is 270 g/mol. The van der Waals surface area contributed by atoms with Crippen LogP contribution in [-0.2, 0) is 14.0 Å². The van der Waals surface area contributed by atoms with Gasteiger partial charge in [-0.25, -0.2) is 0 Å². The van der Waals surface area contributed by atoms with Crippen molar-refractivity contribution in [2.45, 2.75) is 58.4 Å². The summed E-state index contributed by atoms with van der Waals surface area (Å²) in [5.74, 6) is -0.202. The second-order valence-electron chi connectivity index (χ2n) is 6.52. The molecule has 18 heavy (non-hydrogen) atoms. The zero-order chi connectivity index (χ0) is 14.0. The van der Waals surface area contributed by atoms with Crippen molar-refractivity contribution in [3.63, 3.8) is 0 Å². The highest BCUT2D eigenvalue weighted by molar-refractivity contribution is 6.69. The lowest BCUT2D eigenvalue weighted by atomic mass is 9.70. The number of methoxy groups -OCH3 is 1. The van der Waals surface area contributed by atoms with Crippen molar-refractivity contribution < 1.29 is 14.0 Å². The second kappa shape index (κ2) is 5.17. The van der Waals surface area contributed by atoms with E-state index in [1.165, 1.54) is 7.11 Å². The highest BCUT2D eigenvalue weighted by Crippen LogP contribution is 2.44. The van der Waals surface area contributed by atoms with E-state index in [9.17, 15) is 4.79 Å². The van der Waals surface area contributed by atoms with Gasteiger partial charge in [-0.2, -0.15) is 0 Å². The lowest BCUT2D eigenvalue weighted by molar-refractivity contribution is -0.162. The van der Waals surface area contributed by atoms with Crippen LogP contribution >= 0.6 is 0 Å². The SMILES string of the molecule is COC(=O)C(C)(C)C1(O[Si](C)(C)C)C=CCCC1. The molecule has 0 aliphatic heterocycles. The summed E-state index contributed by atoms with van der Waals surface area (Å²) in [5, 5.41) is 0. The van der Waals surface area contributed by atoms with Crippen molar-refractivity contribution in [2.75, 3.05) is 7.11 Å². The Bertz CT molecular complexity index is 341. The summed E-state index contributed by atoms with van der Waals surface area (Å²) in [4.78, 5) is 12.1. The fourth-order valence-corrected chi connectivity index (χ4v) is 4.07. The van der Waals surface area contributed by atoms with E-state index < -0.39 is 19.3 Å². The molecule has 0 aromatic rings. The molecule has 1 unspecified atom stereocenters. The average Bonchev–Trinajstić information content (AvgIpc) is 2.26. The molecule has 1 aliphatic rings. The summed E-state index contributed by atoms with van der Waals surface area (Å²) in [5.41, 5.74) is -1.16. The maximum absolute atomic E-state index is 12.1. The van der Waals surface area contributed by atoms with E-state index in [2.05, 4.69) is 31.8 Å². The average molecular weight is 270 g/mol. The Morgan fingerprint density at radius 1 is 1.33 bits per heavy atom. The number of hydrogen-bond acceptors (Lipinski definition) is 3. The Balaban J connectivity index is 3.16. The van der Waals surface area contributed by atoms with E-state index in [0.29, 0.717) is 0 Å². The molecule has 0 saturated heterocycles. The molecular formula is C14H26O3Si. The number of carbonyl (C=O) groups is 1. The van der Waals surface area contributed by atoms with Crippen molar-refractivity contribution in [1.82, 2.24) is 0 Å². The molecule has 0 bridgehead atoms. The molecule has 0 amide bonds. The smallest absolute Gasteiger partial charge is 0.314 e. The van der Waals surface area contributed by atoms with Crippen LogP contribution in [0.1, 0.15) is 33.1 Å². The van der Waals surface area contributed by atoms with Gasteiger partial charge in [0.25, 0.3) is 0 Å². The third-order valence-corrected chi connectivity index (χ3v) is 4.52. The quantitative estimate of drug-likeness (QED) is 0.445. The first kappa shape index (κ1) is 15.4. The molecule has 0 aromatic carbocycles. The molecule has 0 saturated carbocycles. The number of rotatable bonds is 4. The fraction of sp³-hybridized carbons (Fsp3) is 0.786. The predicted molar refractivity (Wildman–Crippen MR) is 76.0 cm³/mol. The Morgan fingerprint density at radius 3 is 2.33 bits per heavy atom. The summed E-state index contributed by atoms with van der Waals surface area (Å²) in [7, 11) is -0.301. The summed E-state index contributed by atoms with van der Waals surface area (Å²) in [6.07, 6.45) is 7.23. The molecule has 1 aliphatic carbocycles. The van der Waals surface area contributed by atoms with E-state index in [4.69, 9.17) is 9.16 Å². The first-order chi connectivity index (χ1) is 8.15. The van der Waals surface area contributed by atoms with Gasteiger partial charge in [0.05, 0.1) is 18.1 Å². The van der Waals surface area contributed by atoms with Crippen LogP contribution in [0, 0.1) is 5.41 Å². The van der Waals surface area contributed by atoms with Gasteiger partial charge in [-0.3, -0.25) is 4.79 Å². The molecule has 0 spiro atoms. The minimum absolute atomic E-state index is 0.202. The van der Waals surface area contributed by atoms with E-state index in [1.54, 1.807) is 0 Å². The van der Waals surface area contributed by atoms with Gasteiger partial charge >= 0.3 is 5.97 Å². The van der Waals surface area contributed by atoms with Gasteiger partial charge in [0, 0.05) is 0 Å². The van der Waals surface area contributed by atoms with Crippen LogP contribution in [0.4, 0.5) is 0 Å². The molecule has 104 valence electrons. The first-order valence-corrected chi connectivity index (χ1v) is 10.0. The van der Waals surface area contributed by atoms with Crippen LogP contribution in [0.25, 0.3) is 0 Å². The molecule has 1 rings (SSSR count). The van der Waals surface area contributed by atoms with Crippen LogP contribution in [-0.4, -0.2) is 27.0 Å². The largest absolute Gasteiger partial charge is 0.469 e. The fourth-order valence-electron chi connectivity index (χ4n) is 2.55. The van der Waals surface area contributed by atoms with Crippen LogP contribution in [0.5, 0.6) is 0 Å². The maximum atomic E-state index is 12.1. The molecule has 0 aromatic heterocycles. The summed E-state index contributed by atoms with van der Waals surface area (Å²) in [6.45, 7) is 10.3. The van der Waals surface area contributed by atoms with Gasteiger partial charge in [-0.05, 0) is 52.8 Å². The molecule has 0 N–H and O–H groups in total. The van der Waals surface area contributed by atoms with Crippen molar-refractivity contribution >= 4 is 14.3 Å².